The van der Waals surface area contributed by atoms with Crippen LogP contribution in [0.25, 0.3) is 0 Å². The van der Waals surface area contributed by atoms with Crippen LogP contribution < -0.4 is 10.1 Å². The van der Waals surface area contributed by atoms with Crippen molar-refractivity contribution < 1.29 is 18.3 Å². The van der Waals surface area contributed by atoms with E-state index >= 15 is 0 Å². The molecule has 1 aliphatic rings. The number of carbonyl (C=O) groups excluding carboxylic acids is 1. The van der Waals surface area contributed by atoms with E-state index in [0.29, 0.717) is 16.9 Å². The number of ether oxygens (including phenoxy) is 1. The van der Waals surface area contributed by atoms with E-state index in [1.165, 1.54) is 30.0 Å². The number of alkyl halides is 2. The molecular weight excluding hydrogens is 376 g/mol. The number of rotatable bonds is 7. The zero-order valence-corrected chi connectivity index (χ0v) is 14.6. The number of aromatic nitrogens is 4. The van der Waals surface area contributed by atoms with Gasteiger partial charge in [-0.1, -0.05) is 23.4 Å². The molecule has 1 aromatic carbocycles. The van der Waals surface area contributed by atoms with Crippen LogP contribution in [-0.4, -0.2) is 38.0 Å². The molecule has 1 unspecified atom stereocenters. The monoisotopic (exact) mass is 389 g/mol. The van der Waals surface area contributed by atoms with Crippen LogP contribution in [0.1, 0.15) is 25.8 Å². The maximum atomic E-state index is 12.3. The third kappa shape index (κ3) is 4.57. The van der Waals surface area contributed by atoms with E-state index < -0.39 is 11.9 Å². The maximum Gasteiger partial charge on any atom is 0.387 e. The number of anilines is 1. The lowest BCUT2D eigenvalue weighted by Crippen LogP contribution is -2.23. The molecular formula is C14H14ClF2N5O2S. The minimum atomic E-state index is -2.97. The van der Waals surface area contributed by atoms with Crippen molar-refractivity contribution in [1.82, 2.24) is 20.2 Å². The second kappa shape index (κ2) is 7.52. The molecule has 11 heteroatoms. The van der Waals surface area contributed by atoms with Crippen LogP contribution in [0.3, 0.4) is 0 Å². The van der Waals surface area contributed by atoms with Crippen LogP contribution in [0.4, 0.5) is 14.5 Å². The number of hydrogen-bond donors (Lipinski definition) is 1. The van der Waals surface area contributed by atoms with Crippen molar-refractivity contribution in [2.24, 2.45) is 0 Å². The molecule has 1 heterocycles. The van der Waals surface area contributed by atoms with Crippen molar-refractivity contribution in [2.75, 3.05) is 5.32 Å². The first-order chi connectivity index (χ1) is 11.9. The number of tetrazole rings is 1. The average Bonchev–Trinajstić information content (AvgIpc) is 3.29. The van der Waals surface area contributed by atoms with Gasteiger partial charge in [-0.25, -0.2) is 4.68 Å². The van der Waals surface area contributed by atoms with Crippen LogP contribution >= 0.6 is 23.4 Å². The van der Waals surface area contributed by atoms with Crippen LogP contribution in [0.2, 0.25) is 5.02 Å². The fourth-order valence-electron chi connectivity index (χ4n) is 2.04. The summed E-state index contributed by atoms with van der Waals surface area (Å²) in [5.41, 5.74) is 0.380. The Morgan fingerprint density at radius 2 is 2.24 bits per heavy atom. The predicted molar refractivity (Wildman–Crippen MR) is 88.1 cm³/mol. The molecule has 2 aromatic rings. The minimum absolute atomic E-state index is 0.0175. The van der Waals surface area contributed by atoms with Gasteiger partial charge in [0.15, 0.2) is 0 Å². The van der Waals surface area contributed by atoms with E-state index in [0.717, 1.165) is 12.8 Å². The van der Waals surface area contributed by atoms with Gasteiger partial charge in [0.25, 0.3) is 0 Å². The molecule has 3 rings (SSSR count). The molecule has 134 valence electrons. The molecule has 1 aliphatic carbocycles. The molecule has 0 radical (unpaired) electrons. The van der Waals surface area contributed by atoms with Crippen LogP contribution in [-0.2, 0) is 4.79 Å². The smallest absolute Gasteiger partial charge is 0.387 e. The van der Waals surface area contributed by atoms with Crippen molar-refractivity contribution in [3.8, 4) is 5.75 Å². The first-order valence-electron chi connectivity index (χ1n) is 7.44. The molecule has 1 amide bonds. The van der Waals surface area contributed by atoms with Crippen molar-refractivity contribution in [3.05, 3.63) is 23.2 Å². The highest BCUT2D eigenvalue weighted by Gasteiger charge is 2.29. The SMILES string of the molecule is CC(Sc1nnnn1C1CC1)C(=O)Nc1ccc(OC(F)F)c(Cl)c1. The normalized spacial score (nSPS) is 15.2. The third-order valence-electron chi connectivity index (χ3n) is 3.42. The number of hydrogen-bond acceptors (Lipinski definition) is 6. The highest BCUT2D eigenvalue weighted by Crippen LogP contribution is 2.37. The van der Waals surface area contributed by atoms with Crippen molar-refractivity contribution in [1.29, 1.82) is 0 Å². The van der Waals surface area contributed by atoms with Crippen molar-refractivity contribution >= 4 is 35.0 Å². The van der Waals surface area contributed by atoms with Gasteiger partial charge in [-0.3, -0.25) is 4.79 Å². The van der Waals surface area contributed by atoms with Crippen LogP contribution in [0, 0.1) is 0 Å². The summed E-state index contributed by atoms with van der Waals surface area (Å²) in [6, 6.07) is 4.37. The van der Waals surface area contributed by atoms with E-state index in [4.69, 9.17) is 11.6 Å². The van der Waals surface area contributed by atoms with Gasteiger partial charge in [0, 0.05) is 5.69 Å². The van der Waals surface area contributed by atoms with Gasteiger partial charge in [-0.15, -0.1) is 5.10 Å². The Bertz CT molecular complexity index is 771. The Labute approximate surface area is 151 Å². The summed E-state index contributed by atoms with van der Waals surface area (Å²) in [7, 11) is 0. The van der Waals surface area contributed by atoms with Gasteiger partial charge in [0.2, 0.25) is 11.1 Å². The van der Waals surface area contributed by atoms with E-state index in [9.17, 15) is 13.6 Å². The Balaban J connectivity index is 1.61. The summed E-state index contributed by atoms with van der Waals surface area (Å²) in [4.78, 5) is 12.3. The number of amides is 1. The van der Waals surface area contributed by atoms with Crippen molar-refractivity contribution in [3.63, 3.8) is 0 Å². The van der Waals surface area contributed by atoms with Gasteiger partial charge in [-0.2, -0.15) is 8.78 Å². The Morgan fingerprint density at radius 1 is 1.48 bits per heavy atom. The highest BCUT2D eigenvalue weighted by molar-refractivity contribution is 8.00. The summed E-state index contributed by atoms with van der Waals surface area (Å²) in [5.74, 6) is -0.436. The molecule has 0 spiro atoms. The molecule has 25 heavy (non-hydrogen) atoms. The zero-order valence-electron chi connectivity index (χ0n) is 13.0. The molecule has 0 saturated heterocycles. The number of carbonyl (C=O) groups is 1. The van der Waals surface area contributed by atoms with Gasteiger partial charge in [-0.05, 0) is 48.4 Å². The maximum absolute atomic E-state index is 12.3. The lowest BCUT2D eigenvalue weighted by Gasteiger charge is -2.13. The van der Waals surface area contributed by atoms with Gasteiger partial charge >= 0.3 is 6.61 Å². The molecule has 1 fully saturated rings. The van der Waals surface area contributed by atoms with E-state index in [2.05, 4.69) is 25.6 Å². The standard InChI is InChI=1S/C14H14ClF2N5O2S/c1-7(25-14-19-20-21-22(14)9-3-4-9)12(23)18-8-2-5-11(10(15)6-8)24-13(16)17/h2,5-7,9,13H,3-4H2,1H3,(H,18,23). The average molecular weight is 390 g/mol. The quantitative estimate of drug-likeness (QED) is 0.731. The molecule has 1 aromatic heterocycles. The molecule has 1 N–H and O–H groups in total. The van der Waals surface area contributed by atoms with Crippen LogP contribution in [0.5, 0.6) is 5.75 Å². The van der Waals surface area contributed by atoms with E-state index in [-0.39, 0.29) is 16.7 Å². The molecule has 7 nitrogen and oxygen atoms in total. The van der Waals surface area contributed by atoms with Crippen molar-refractivity contribution in [2.45, 2.75) is 42.8 Å². The first kappa shape index (κ1) is 17.9. The Morgan fingerprint density at radius 3 is 2.88 bits per heavy atom. The minimum Gasteiger partial charge on any atom is -0.433 e. The second-order valence-electron chi connectivity index (χ2n) is 5.41. The first-order valence-corrected chi connectivity index (χ1v) is 8.69. The number of benzene rings is 1. The topological polar surface area (TPSA) is 81.9 Å². The Hall–Kier alpha value is -1.94. The summed E-state index contributed by atoms with van der Waals surface area (Å²) >= 11 is 7.12. The predicted octanol–water partition coefficient (Wildman–Crippen LogP) is 3.38. The molecule has 0 bridgehead atoms. The number of nitrogens with zero attached hydrogens (tertiary/aromatic N) is 4. The van der Waals surface area contributed by atoms with Gasteiger partial charge in [0.05, 0.1) is 16.3 Å². The van der Waals surface area contributed by atoms with Gasteiger partial charge in [0.1, 0.15) is 5.75 Å². The highest BCUT2D eigenvalue weighted by atomic mass is 35.5. The largest absolute Gasteiger partial charge is 0.433 e. The number of thioether (sulfide) groups is 1. The van der Waals surface area contributed by atoms with E-state index in [1.807, 2.05) is 0 Å². The number of nitrogens with one attached hydrogen (secondary N) is 1. The van der Waals surface area contributed by atoms with E-state index in [1.54, 1.807) is 11.6 Å². The molecule has 1 atom stereocenters. The summed E-state index contributed by atoms with van der Waals surface area (Å²) in [5, 5.41) is 14.3. The molecule has 0 aliphatic heterocycles. The fraction of sp³-hybridized carbons (Fsp3) is 0.429. The lowest BCUT2D eigenvalue weighted by atomic mass is 10.3. The van der Waals surface area contributed by atoms with Gasteiger partial charge < -0.3 is 10.1 Å². The summed E-state index contributed by atoms with van der Waals surface area (Å²) < 4.78 is 30.4. The fourth-order valence-corrected chi connectivity index (χ4v) is 3.12. The number of halogens is 3. The second-order valence-corrected chi connectivity index (χ2v) is 7.13. The van der Waals surface area contributed by atoms with Crippen LogP contribution in [0.15, 0.2) is 23.4 Å². The lowest BCUT2D eigenvalue weighted by molar-refractivity contribution is -0.115. The third-order valence-corrected chi connectivity index (χ3v) is 4.76. The summed E-state index contributed by atoms with van der Waals surface area (Å²) in [6.45, 7) is -1.24. The summed E-state index contributed by atoms with van der Waals surface area (Å²) in [6.07, 6.45) is 2.06. The molecule has 1 saturated carbocycles. The Kier molecular flexibility index (Phi) is 5.38. The zero-order chi connectivity index (χ0) is 18.0.